The van der Waals surface area contributed by atoms with Crippen LogP contribution in [0.1, 0.15) is 64.2 Å². The zero-order valence-electron chi connectivity index (χ0n) is 12.3. The lowest BCUT2D eigenvalue weighted by atomic mass is 9.49. The van der Waals surface area contributed by atoms with E-state index in [1.807, 2.05) is 0 Å². The molecule has 4 bridgehead atoms. The molecule has 20 heavy (non-hydrogen) atoms. The van der Waals surface area contributed by atoms with Crippen LogP contribution < -0.4 is 5.32 Å². The standard InChI is InChI=1S/C17H27NO2/c19-15-3-1-2-14(7-15)18-16(20)17-8-11-4-12(9-17)6-13(5-11)10-17/h11-15,19H,1-10H2,(H,18,20)/t11?,12?,13?,14-,15+,17?/m1/s1. The Balaban J connectivity index is 1.45. The van der Waals surface area contributed by atoms with Crippen molar-refractivity contribution >= 4 is 5.91 Å². The Morgan fingerprint density at radius 1 is 0.950 bits per heavy atom. The summed E-state index contributed by atoms with van der Waals surface area (Å²) in [5.74, 6) is 2.80. The minimum Gasteiger partial charge on any atom is -0.393 e. The topological polar surface area (TPSA) is 49.3 Å². The van der Waals surface area contributed by atoms with E-state index in [4.69, 9.17) is 0 Å². The summed E-state index contributed by atoms with van der Waals surface area (Å²) in [5.41, 5.74) is -0.0306. The number of hydrogen-bond donors (Lipinski definition) is 2. The fourth-order valence-electron chi connectivity index (χ4n) is 6.02. The maximum absolute atomic E-state index is 12.9. The predicted octanol–water partition coefficient (Wildman–Crippen LogP) is 2.62. The van der Waals surface area contributed by atoms with Gasteiger partial charge in [-0.3, -0.25) is 4.79 Å². The van der Waals surface area contributed by atoms with Crippen molar-refractivity contribution in [3.05, 3.63) is 0 Å². The average molecular weight is 277 g/mol. The van der Waals surface area contributed by atoms with Gasteiger partial charge in [0, 0.05) is 11.5 Å². The molecule has 112 valence electrons. The van der Waals surface area contributed by atoms with Gasteiger partial charge in [-0.25, -0.2) is 0 Å². The number of hydrogen-bond acceptors (Lipinski definition) is 2. The van der Waals surface area contributed by atoms with Crippen LogP contribution >= 0.6 is 0 Å². The smallest absolute Gasteiger partial charge is 0.226 e. The molecule has 1 amide bonds. The number of carbonyl (C=O) groups excluding carboxylic acids is 1. The van der Waals surface area contributed by atoms with E-state index < -0.39 is 0 Å². The average Bonchev–Trinajstić information content (AvgIpc) is 2.37. The van der Waals surface area contributed by atoms with Gasteiger partial charge in [0.15, 0.2) is 0 Å². The highest BCUT2D eigenvalue weighted by atomic mass is 16.3. The van der Waals surface area contributed by atoms with Crippen molar-refractivity contribution in [1.82, 2.24) is 5.32 Å². The summed E-state index contributed by atoms with van der Waals surface area (Å²) >= 11 is 0. The van der Waals surface area contributed by atoms with E-state index in [-0.39, 0.29) is 17.6 Å². The fourth-order valence-corrected chi connectivity index (χ4v) is 6.02. The quantitative estimate of drug-likeness (QED) is 0.815. The molecule has 5 aliphatic rings. The van der Waals surface area contributed by atoms with Gasteiger partial charge in [0.25, 0.3) is 0 Å². The van der Waals surface area contributed by atoms with Gasteiger partial charge in [0.1, 0.15) is 0 Å². The molecule has 0 unspecified atom stereocenters. The summed E-state index contributed by atoms with van der Waals surface area (Å²) in [4.78, 5) is 12.9. The van der Waals surface area contributed by atoms with Crippen LogP contribution in [0.15, 0.2) is 0 Å². The second-order valence-electron chi connectivity index (χ2n) is 8.19. The molecular weight excluding hydrogens is 250 g/mol. The SMILES string of the molecule is O=C(N[C@@H]1CCC[C@H](O)C1)C12CC3CC(CC(C3)C1)C2. The van der Waals surface area contributed by atoms with Crippen molar-refractivity contribution in [2.24, 2.45) is 23.2 Å². The Morgan fingerprint density at radius 2 is 1.55 bits per heavy atom. The summed E-state index contributed by atoms with van der Waals surface area (Å²) < 4.78 is 0. The number of aliphatic hydroxyl groups is 1. The molecule has 0 radical (unpaired) electrons. The lowest BCUT2D eigenvalue weighted by Gasteiger charge is -2.56. The van der Waals surface area contributed by atoms with Crippen LogP contribution in [-0.4, -0.2) is 23.2 Å². The van der Waals surface area contributed by atoms with Gasteiger partial charge in [-0.05, 0) is 82.0 Å². The molecule has 5 fully saturated rings. The number of aliphatic hydroxyl groups excluding tert-OH is 1. The molecular formula is C17H27NO2. The van der Waals surface area contributed by atoms with Gasteiger partial charge in [-0.2, -0.15) is 0 Å². The van der Waals surface area contributed by atoms with Crippen LogP contribution in [0.4, 0.5) is 0 Å². The Morgan fingerprint density at radius 3 is 2.10 bits per heavy atom. The third-order valence-electron chi connectivity index (χ3n) is 6.50. The molecule has 0 saturated heterocycles. The first kappa shape index (κ1) is 13.1. The largest absolute Gasteiger partial charge is 0.393 e. The Bertz CT molecular complexity index is 371. The first-order valence-corrected chi connectivity index (χ1v) is 8.62. The second kappa shape index (κ2) is 4.72. The Labute approximate surface area is 121 Å². The van der Waals surface area contributed by atoms with Gasteiger partial charge < -0.3 is 10.4 Å². The molecule has 2 atom stereocenters. The minimum atomic E-state index is -0.203. The first-order chi connectivity index (χ1) is 9.63. The highest BCUT2D eigenvalue weighted by molar-refractivity contribution is 5.83. The van der Waals surface area contributed by atoms with Gasteiger partial charge in [-0.1, -0.05) is 0 Å². The number of rotatable bonds is 2. The Kier molecular flexibility index (Phi) is 3.10. The molecule has 5 rings (SSSR count). The third-order valence-corrected chi connectivity index (χ3v) is 6.50. The van der Waals surface area contributed by atoms with Gasteiger partial charge in [0.2, 0.25) is 5.91 Å². The van der Waals surface area contributed by atoms with E-state index in [1.54, 1.807) is 0 Å². The third kappa shape index (κ3) is 2.18. The second-order valence-corrected chi connectivity index (χ2v) is 8.19. The van der Waals surface area contributed by atoms with Crippen molar-refractivity contribution < 1.29 is 9.90 Å². The van der Waals surface area contributed by atoms with Crippen molar-refractivity contribution in [1.29, 1.82) is 0 Å². The molecule has 0 aliphatic heterocycles. The highest BCUT2D eigenvalue weighted by Gasteiger charge is 2.54. The van der Waals surface area contributed by atoms with Crippen molar-refractivity contribution in [2.45, 2.75) is 76.4 Å². The summed E-state index contributed by atoms with van der Waals surface area (Å²) in [6.07, 6.45) is 11.1. The summed E-state index contributed by atoms with van der Waals surface area (Å²) in [6, 6.07) is 0.222. The van der Waals surface area contributed by atoms with E-state index in [9.17, 15) is 9.90 Å². The van der Waals surface area contributed by atoms with Gasteiger partial charge >= 0.3 is 0 Å². The lowest BCUT2D eigenvalue weighted by Crippen LogP contribution is -2.55. The van der Waals surface area contributed by atoms with E-state index in [2.05, 4.69) is 5.32 Å². The van der Waals surface area contributed by atoms with Gasteiger partial charge in [-0.15, -0.1) is 0 Å². The van der Waals surface area contributed by atoms with E-state index in [0.717, 1.165) is 62.7 Å². The molecule has 5 aliphatic carbocycles. The number of amides is 1. The molecule has 0 spiro atoms. The minimum absolute atomic E-state index is 0.0306. The molecule has 0 aromatic heterocycles. The van der Waals surface area contributed by atoms with Crippen LogP contribution in [0.3, 0.4) is 0 Å². The highest BCUT2D eigenvalue weighted by Crippen LogP contribution is 2.60. The van der Waals surface area contributed by atoms with Crippen LogP contribution in [0, 0.1) is 23.2 Å². The maximum Gasteiger partial charge on any atom is 0.226 e. The summed E-state index contributed by atoms with van der Waals surface area (Å²) in [6.45, 7) is 0. The van der Waals surface area contributed by atoms with Crippen LogP contribution in [0.5, 0.6) is 0 Å². The molecule has 3 heteroatoms. The molecule has 3 nitrogen and oxygen atoms in total. The van der Waals surface area contributed by atoms with Crippen LogP contribution in [0.25, 0.3) is 0 Å². The van der Waals surface area contributed by atoms with E-state index in [0.29, 0.717) is 5.91 Å². The number of carbonyl (C=O) groups is 1. The van der Waals surface area contributed by atoms with Gasteiger partial charge in [0.05, 0.1) is 6.10 Å². The molecule has 5 saturated carbocycles. The summed E-state index contributed by atoms with van der Waals surface area (Å²) in [5, 5.41) is 13.1. The van der Waals surface area contributed by atoms with Crippen LogP contribution in [-0.2, 0) is 4.79 Å². The zero-order chi connectivity index (χ0) is 13.7. The van der Waals surface area contributed by atoms with Crippen molar-refractivity contribution in [3.8, 4) is 0 Å². The monoisotopic (exact) mass is 277 g/mol. The molecule has 0 heterocycles. The Hall–Kier alpha value is -0.570. The fraction of sp³-hybridized carbons (Fsp3) is 0.941. The van der Waals surface area contributed by atoms with E-state index >= 15 is 0 Å². The maximum atomic E-state index is 12.9. The molecule has 0 aromatic rings. The predicted molar refractivity (Wildman–Crippen MR) is 77.0 cm³/mol. The lowest BCUT2D eigenvalue weighted by molar-refractivity contribution is -0.147. The summed E-state index contributed by atoms with van der Waals surface area (Å²) in [7, 11) is 0. The molecule has 0 aromatic carbocycles. The normalized spacial score (nSPS) is 50.1. The van der Waals surface area contributed by atoms with Crippen molar-refractivity contribution in [2.75, 3.05) is 0 Å². The van der Waals surface area contributed by atoms with E-state index in [1.165, 1.54) is 19.3 Å². The van der Waals surface area contributed by atoms with Crippen molar-refractivity contribution in [3.63, 3.8) is 0 Å². The zero-order valence-corrected chi connectivity index (χ0v) is 12.3. The van der Waals surface area contributed by atoms with Crippen LogP contribution in [0.2, 0.25) is 0 Å². The molecule has 2 N–H and O–H groups in total. The number of nitrogens with one attached hydrogen (secondary N) is 1. The first-order valence-electron chi connectivity index (χ1n) is 8.62.